The van der Waals surface area contributed by atoms with Gasteiger partial charge in [-0.25, -0.2) is 4.79 Å². The number of anilines is 1. The Hall–Kier alpha value is -3.07. The van der Waals surface area contributed by atoms with E-state index in [1.54, 1.807) is 39.8 Å². The molecule has 3 N–H and O–H groups in total. The third kappa shape index (κ3) is 5.04. The highest BCUT2D eigenvalue weighted by Crippen LogP contribution is 2.36. The van der Waals surface area contributed by atoms with Crippen LogP contribution < -0.4 is 15.8 Å². The summed E-state index contributed by atoms with van der Waals surface area (Å²) in [6.45, 7) is 6.58. The number of halogens is 3. The third-order valence-electron chi connectivity index (χ3n) is 4.93. The summed E-state index contributed by atoms with van der Waals surface area (Å²) in [6, 6.07) is 9.21. The number of ether oxygens (including phenoxy) is 2. The fourth-order valence-corrected chi connectivity index (χ4v) is 3.33. The largest absolute Gasteiger partial charge is 0.479 e. The Morgan fingerprint density at radius 3 is 2.44 bits per heavy atom. The van der Waals surface area contributed by atoms with Gasteiger partial charge in [-0.05, 0) is 57.0 Å². The molecule has 3 rings (SSSR count). The molecule has 0 saturated heterocycles. The number of carbonyl (C=O) groups is 2. The number of fused-ring (bicyclic) bond motifs is 1. The van der Waals surface area contributed by atoms with Crippen molar-refractivity contribution in [1.29, 1.82) is 0 Å². The fourth-order valence-electron chi connectivity index (χ4n) is 3.33. The van der Waals surface area contributed by atoms with E-state index in [0.29, 0.717) is 11.4 Å². The molecule has 2 aromatic carbocycles. The van der Waals surface area contributed by atoms with Crippen molar-refractivity contribution in [2.24, 2.45) is 5.73 Å². The van der Waals surface area contributed by atoms with Crippen LogP contribution in [0.5, 0.6) is 5.75 Å². The molecule has 32 heavy (non-hydrogen) atoms. The van der Waals surface area contributed by atoms with Gasteiger partial charge in [-0.15, -0.1) is 0 Å². The van der Waals surface area contributed by atoms with Gasteiger partial charge in [0.25, 0.3) is 5.91 Å². The number of amides is 1. The molecule has 1 heterocycles. The van der Waals surface area contributed by atoms with Gasteiger partial charge in [0.2, 0.25) is 0 Å². The van der Waals surface area contributed by atoms with E-state index in [-0.39, 0.29) is 23.5 Å². The SMILES string of the molecule is CC1Oc2ccc(C(N)(Cc3cccc(C(F)(F)F)c3)C(=O)OC(C)(C)C)cc2NC1=O. The lowest BCUT2D eigenvalue weighted by atomic mass is 9.83. The summed E-state index contributed by atoms with van der Waals surface area (Å²) in [5.74, 6) is -0.780. The molecule has 1 amide bonds. The number of carbonyl (C=O) groups excluding carboxylic acids is 2. The first kappa shape index (κ1) is 23.6. The van der Waals surface area contributed by atoms with Crippen molar-refractivity contribution >= 4 is 17.6 Å². The molecule has 0 spiro atoms. The van der Waals surface area contributed by atoms with E-state index >= 15 is 0 Å². The molecule has 1 aliphatic rings. The average molecular weight is 450 g/mol. The van der Waals surface area contributed by atoms with Crippen LogP contribution in [-0.4, -0.2) is 23.6 Å². The zero-order valence-corrected chi connectivity index (χ0v) is 18.2. The highest BCUT2D eigenvalue weighted by molar-refractivity contribution is 5.98. The van der Waals surface area contributed by atoms with E-state index in [2.05, 4.69) is 5.32 Å². The molecule has 6 nitrogen and oxygen atoms in total. The van der Waals surface area contributed by atoms with E-state index in [1.165, 1.54) is 18.2 Å². The number of nitrogens with one attached hydrogen (secondary N) is 1. The van der Waals surface area contributed by atoms with Crippen molar-refractivity contribution in [2.45, 2.75) is 57.5 Å². The lowest BCUT2D eigenvalue weighted by Crippen LogP contribution is -2.50. The van der Waals surface area contributed by atoms with Gasteiger partial charge in [-0.1, -0.05) is 24.3 Å². The summed E-state index contributed by atoms with van der Waals surface area (Å²) in [5, 5.41) is 2.68. The normalized spacial score (nSPS) is 18.1. The van der Waals surface area contributed by atoms with E-state index in [4.69, 9.17) is 15.2 Å². The minimum atomic E-state index is -4.54. The van der Waals surface area contributed by atoms with Crippen LogP contribution in [0.4, 0.5) is 18.9 Å². The van der Waals surface area contributed by atoms with E-state index in [1.807, 2.05) is 0 Å². The van der Waals surface area contributed by atoms with Crippen LogP contribution in [-0.2, 0) is 32.5 Å². The van der Waals surface area contributed by atoms with Crippen molar-refractivity contribution < 1.29 is 32.2 Å². The quantitative estimate of drug-likeness (QED) is 0.683. The van der Waals surface area contributed by atoms with Gasteiger partial charge in [0, 0.05) is 6.42 Å². The Kier molecular flexibility index (Phi) is 5.99. The van der Waals surface area contributed by atoms with E-state index in [0.717, 1.165) is 12.1 Å². The van der Waals surface area contributed by atoms with Crippen LogP contribution in [0.1, 0.15) is 44.4 Å². The molecule has 2 aromatic rings. The van der Waals surface area contributed by atoms with Crippen LogP contribution in [0.2, 0.25) is 0 Å². The first-order valence-corrected chi connectivity index (χ1v) is 9.99. The molecule has 1 aliphatic heterocycles. The maximum Gasteiger partial charge on any atom is 0.416 e. The first-order valence-electron chi connectivity index (χ1n) is 9.99. The van der Waals surface area contributed by atoms with Crippen LogP contribution in [0.25, 0.3) is 0 Å². The predicted octanol–water partition coefficient (Wildman–Crippen LogP) is 4.16. The Bertz CT molecular complexity index is 1050. The number of hydrogen-bond donors (Lipinski definition) is 2. The van der Waals surface area contributed by atoms with Crippen molar-refractivity contribution in [1.82, 2.24) is 0 Å². The first-order chi connectivity index (χ1) is 14.7. The summed E-state index contributed by atoms with van der Waals surface area (Å²) in [5.41, 5.74) is 3.79. The number of alkyl halides is 3. The lowest BCUT2D eigenvalue weighted by molar-refractivity contribution is -0.162. The van der Waals surface area contributed by atoms with Crippen LogP contribution in [0.15, 0.2) is 42.5 Å². The molecule has 0 aliphatic carbocycles. The second kappa shape index (κ2) is 8.12. The molecule has 2 atom stereocenters. The molecular formula is C23H25F3N2O4. The van der Waals surface area contributed by atoms with Crippen molar-refractivity contribution in [2.75, 3.05) is 5.32 Å². The maximum absolute atomic E-state index is 13.2. The molecule has 0 bridgehead atoms. The summed E-state index contributed by atoms with van der Waals surface area (Å²) < 4.78 is 50.6. The summed E-state index contributed by atoms with van der Waals surface area (Å²) >= 11 is 0. The second-order valence-corrected chi connectivity index (χ2v) is 8.81. The molecular weight excluding hydrogens is 425 g/mol. The van der Waals surface area contributed by atoms with Gasteiger partial charge in [-0.2, -0.15) is 13.2 Å². The Labute approximate surface area is 183 Å². The molecule has 2 unspecified atom stereocenters. The summed E-state index contributed by atoms with van der Waals surface area (Å²) in [6.07, 6.45) is -5.48. The molecule has 0 aromatic heterocycles. The summed E-state index contributed by atoms with van der Waals surface area (Å²) in [7, 11) is 0. The van der Waals surface area contributed by atoms with Gasteiger partial charge in [-0.3, -0.25) is 4.79 Å². The maximum atomic E-state index is 13.2. The molecule has 0 fully saturated rings. The highest BCUT2D eigenvalue weighted by Gasteiger charge is 2.41. The Balaban J connectivity index is 2.06. The smallest absolute Gasteiger partial charge is 0.416 e. The van der Waals surface area contributed by atoms with Crippen LogP contribution >= 0.6 is 0 Å². The minimum Gasteiger partial charge on any atom is -0.479 e. The van der Waals surface area contributed by atoms with E-state index < -0.39 is 35.0 Å². The zero-order chi connectivity index (χ0) is 23.9. The predicted molar refractivity (Wildman–Crippen MR) is 112 cm³/mol. The van der Waals surface area contributed by atoms with Gasteiger partial charge < -0.3 is 20.5 Å². The summed E-state index contributed by atoms with van der Waals surface area (Å²) in [4.78, 5) is 25.2. The van der Waals surface area contributed by atoms with Crippen molar-refractivity contribution in [3.05, 3.63) is 59.2 Å². The van der Waals surface area contributed by atoms with E-state index in [9.17, 15) is 22.8 Å². The van der Waals surface area contributed by atoms with Crippen molar-refractivity contribution in [3.8, 4) is 5.75 Å². The highest BCUT2D eigenvalue weighted by atomic mass is 19.4. The van der Waals surface area contributed by atoms with Gasteiger partial charge in [0.15, 0.2) is 6.10 Å². The minimum absolute atomic E-state index is 0.208. The number of hydrogen-bond acceptors (Lipinski definition) is 5. The fraction of sp³-hybridized carbons (Fsp3) is 0.391. The molecule has 9 heteroatoms. The number of nitrogens with two attached hydrogens (primary N) is 1. The average Bonchev–Trinajstić information content (AvgIpc) is 2.66. The van der Waals surface area contributed by atoms with Crippen molar-refractivity contribution in [3.63, 3.8) is 0 Å². The van der Waals surface area contributed by atoms with Crippen LogP contribution in [0.3, 0.4) is 0 Å². The second-order valence-electron chi connectivity index (χ2n) is 8.81. The third-order valence-corrected chi connectivity index (χ3v) is 4.93. The topological polar surface area (TPSA) is 90.7 Å². The monoisotopic (exact) mass is 450 g/mol. The number of benzene rings is 2. The standard InChI is InChI=1S/C23H25F3N2O4/c1-13-19(29)28-17-11-15(8-9-18(17)31-13)22(27,20(30)32-21(2,3)4)12-14-6-5-7-16(10-14)23(24,25)26/h5-11,13H,12,27H2,1-4H3,(H,28,29). The molecule has 0 radical (unpaired) electrons. The Morgan fingerprint density at radius 1 is 1.12 bits per heavy atom. The zero-order valence-electron chi connectivity index (χ0n) is 18.2. The number of esters is 1. The van der Waals surface area contributed by atoms with Gasteiger partial charge in [0.05, 0.1) is 11.3 Å². The molecule has 0 saturated carbocycles. The lowest BCUT2D eigenvalue weighted by Gasteiger charge is -2.33. The van der Waals surface area contributed by atoms with Gasteiger partial charge in [0.1, 0.15) is 16.9 Å². The Morgan fingerprint density at radius 2 is 1.81 bits per heavy atom. The van der Waals surface area contributed by atoms with Crippen LogP contribution in [0, 0.1) is 0 Å². The molecule has 172 valence electrons. The van der Waals surface area contributed by atoms with Gasteiger partial charge >= 0.3 is 12.1 Å². The number of rotatable bonds is 4.